The molecule has 0 amide bonds. The van der Waals surface area contributed by atoms with Crippen molar-refractivity contribution in [3.63, 3.8) is 0 Å². The van der Waals surface area contributed by atoms with Crippen LogP contribution in [0.1, 0.15) is 39.5 Å². The Bertz CT molecular complexity index is 218. The first-order valence-electron chi connectivity index (χ1n) is 4.92. The lowest BCUT2D eigenvalue weighted by Gasteiger charge is -2.14. The highest BCUT2D eigenvalue weighted by molar-refractivity contribution is 5.89. The van der Waals surface area contributed by atoms with E-state index in [-0.39, 0.29) is 5.97 Å². The van der Waals surface area contributed by atoms with Crippen LogP contribution in [0.3, 0.4) is 0 Å². The minimum Gasteiger partial charge on any atom is -0.466 e. The average Bonchev–Trinajstić information content (AvgIpc) is 2.56. The van der Waals surface area contributed by atoms with Crippen LogP contribution in [0, 0.1) is 5.92 Å². The van der Waals surface area contributed by atoms with Crippen molar-refractivity contribution in [1.29, 1.82) is 0 Å². The molecule has 2 nitrogen and oxygen atoms in total. The van der Waals surface area contributed by atoms with Gasteiger partial charge in [-0.2, -0.15) is 0 Å². The van der Waals surface area contributed by atoms with Gasteiger partial charge >= 0.3 is 5.97 Å². The molecule has 1 fully saturated rings. The molecule has 0 unspecified atom stereocenters. The summed E-state index contributed by atoms with van der Waals surface area (Å²) in [5.41, 5.74) is 2.03. The SMILES string of the molecule is COC(=O)C(=C(C)C)C1CCCC1. The zero-order valence-electron chi connectivity index (χ0n) is 8.72. The number of esters is 1. The van der Waals surface area contributed by atoms with Crippen molar-refractivity contribution in [2.24, 2.45) is 5.92 Å². The van der Waals surface area contributed by atoms with Gasteiger partial charge in [-0.05, 0) is 32.6 Å². The fourth-order valence-corrected chi connectivity index (χ4v) is 2.10. The minimum atomic E-state index is -0.132. The van der Waals surface area contributed by atoms with Gasteiger partial charge in [0.1, 0.15) is 0 Å². The van der Waals surface area contributed by atoms with Crippen molar-refractivity contribution in [2.75, 3.05) is 7.11 Å². The number of rotatable bonds is 2. The zero-order chi connectivity index (χ0) is 9.84. The maximum atomic E-state index is 11.5. The minimum absolute atomic E-state index is 0.132. The molecular weight excluding hydrogens is 164 g/mol. The maximum absolute atomic E-state index is 11.5. The van der Waals surface area contributed by atoms with Crippen molar-refractivity contribution in [2.45, 2.75) is 39.5 Å². The second kappa shape index (κ2) is 4.45. The summed E-state index contributed by atoms with van der Waals surface area (Å²) in [4.78, 5) is 11.5. The normalized spacial score (nSPS) is 17.2. The third kappa shape index (κ3) is 2.33. The van der Waals surface area contributed by atoms with Crippen LogP contribution in [-0.2, 0) is 9.53 Å². The Morgan fingerprint density at radius 3 is 2.15 bits per heavy atom. The van der Waals surface area contributed by atoms with Crippen molar-refractivity contribution >= 4 is 5.97 Å². The number of methoxy groups -OCH3 is 1. The molecule has 0 spiro atoms. The standard InChI is InChI=1S/C11H18O2/c1-8(2)10(11(12)13-3)9-6-4-5-7-9/h9H,4-7H2,1-3H3. The molecule has 0 radical (unpaired) electrons. The summed E-state index contributed by atoms with van der Waals surface area (Å²) >= 11 is 0. The van der Waals surface area contributed by atoms with Crippen LogP contribution in [0.15, 0.2) is 11.1 Å². The maximum Gasteiger partial charge on any atom is 0.333 e. The Morgan fingerprint density at radius 1 is 1.23 bits per heavy atom. The molecule has 0 aromatic carbocycles. The molecule has 74 valence electrons. The van der Waals surface area contributed by atoms with E-state index in [2.05, 4.69) is 0 Å². The molecule has 0 N–H and O–H groups in total. The lowest BCUT2D eigenvalue weighted by atomic mass is 9.94. The van der Waals surface area contributed by atoms with E-state index in [1.165, 1.54) is 20.0 Å². The Labute approximate surface area is 80.0 Å². The molecule has 1 saturated carbocycles. The number of carbonyl (C=O) groups excluding carboxylic acids is 1. The first kappa shape index (κ1) is 10.3. The van der Waals surface area contributed by atoms with Crippen molar-refractivity contribution in [1.82, 2.24) is 0 Å². The Morgan fingerprint density at radius 2 is 1.77 bits per heavy atom. The van der Waals surface area contributed by atoms with Crippen LogP contribution in [-0.4, -0.2) is 13.1 Å². The third-order valence-electron chi connectivity index (χ3n) is 2.71. The number of ether oxygens (including phenoxy) is 1. The van der Waals surface area contributed by atoms with E-state index in [1.807, 2.05) is 13.8 Å². The van der Waals surface area contributed by atoms with Crippen LogP contribution in [0.2, 0.25) is 0 Å². The van der Waals surface area contributed by atoms with E-state index in [1.54, 1.807) is 0 Å². The summed E-state index contributed by atoms with van der Waals surface area (Å²) < 4.78 is 4.79. The topological polar surface area (TPSA) is 26.3 Å². The fourth-order valence-electron chi connectivity index (χ4n) is 2.10. The highest BCUT2D eigenvalue weighted by Gasteiger charge is 2.25. The molecular formula is C11H18O2. The molecule has 1 rings (SSSR count). The summed E-state index contributed by atoms with van der Waals surface area (Å²) in [6, 6.07) is 0. The van der Waals surface area contributed by atoms with Gasteiger partial charge in [0, 0.05) is 5.57 Å². The molecule has 13 heavy (non-hydrogen) atoms. The van der Waals surface area contributed by atoms with Gasteiger partial charge < -0.3 is 4.74 Å². The lowest BCUT2D eigenvalue weighted by molar-refractivity contribution is -0.136. The second-order valence-electron chi connectivity index (χ2n) is 3.89. The Hall–Kier alpha value is -0.790. The summed E-state index contributed by atoms with van der Waals surface area (Å²) in [7, 11) is 1.46. The smallest absolute Gasteiger partial charge is 0.333 e. The quantitative estimate of drug-likeness (QED) is 0.485. The van der Waals surface area contributed by atoms with E-state index in [0.717, 1.165) is 24.0 Å². The van der Waals surface area contributed by atoms with Gasteiger partial charge in [-0.1, -0.05) is 18.4 Å². The van der Waals surface area contributed by atoms with Crippen LogP contribution < -0.4 is 0 Å². The molecule has 0 aromatic heterocycles. The highest BCUT2D eigenvalue weighted by atomic mass is 16.5. The van der Waals surface area contributed by atoms with Crippen LogP contribution in [0.4, 0.5) is 0 Å². The molecule has 1 aliphatic carbocycles. The van der Waals surface area contributed by atoms with Gasteiger partial charge in [-0.25, -0.2) is 4.79 Å². The van der Waals surface area contributed by atoms with E-state index in [0.29, 0.717) is 5.92 Å². The second-order valence-corrected chi connectivity index (χ2v) is 3.89. The van der Waals surface area contributed by atoms with E-state index in [4.69, 9.17) is 4.74 Å². The first-order chi connectivity index (χ1) is 6.16. The van der Waals surface area contributed by atoms with E-state index < -0.39 is 0 Å². The summed E-state index contributed by atoms with van der Waals surface area (Å²) in [5, 5.41) is 0. The third-order valence-corrected chi connectivity index (χ3v) is 2.71. The average molecular weight is 182 g/mol. The largest absolute Gasteiger partial charge is 0.466 e. The van der Waals surface area contributed by atoms with Gasteiger partial charge in [0.05, 0.1) is 7.11 Å². The van der Waals surface area contributed by atoms with E-state index >= 15 is 0 Å². The van der Waals surface area contributed by atoms with Gasteiger partial charge in [0.15, 0.2) is 0 Å². The molecule has 0 aliphatic heterocycles. The van der Waals surface area contributed by atoms with Gasteiger partial charge in [-0.3, -0.25) is 0 Å². The van der Waals surface area contributed by atoms with Crippen LogP contribution >= 0.6 is 0 Å². The van der Waals surface area contributed by atoms with Gasteiger partial charge in [0.25, 0.3) is 0 Å². The summed E-state index contributed by atoms with van der Waals surface area (Å²) in [6.07, 6.45) is 4.79. The van der Waals surface area contributed by atoms with Crippen LogP contribution in [0.25, 0.3) is 0 Å². The number of carbonyl (C=O) groups is 1. The Kier molecular flexibility index (Phi) is 3.52. The first-order valence-corrected chi connectivity index (χ1v) is 4.92. The molecule has 0 heterocycles. The van der Waals surface area contributed by atoms with Gasteiger partial charge in [-0.15, -0.1) is 0 Å². The Balaban J connectivity index is 2.79. The predicted molar refractivity (Wildman–Crippen MR) is 52.3 cm³/mol. The molecule has 1 aliphatic rings. The summed E-state index contributed by atoms with van der Waals surface area (Å²) in [6.45, 7) is 3.98. The molecule has 0 bridgehead atoms. The zero-order valence-corrected chi connectivity index (χ0v) is 8.72. The van der Waals surface area contributed by atoms with Crippen molar-refractivity contribution in [3.05, 3.63) is 11.1 Å². The van der Waals surface area contributed by atoms with Crippen molar-refractivity contribution in [3.8, 4) is 0 Å². The summed E-state index contributed by atoms with van der Waals surface area (Å²) in [5.74, 6) is 0.323. The van der Waals surface area contributed by atoms with Crippen molar-refractivity contribution < 1.29 is 9.53 Å². The predicted octanol–water partition coefficient (Wildman–Crippen LogP) is 2.69. The number of allylic oxidation sites excluding steroid dienone is 1. The number of hydrogen-bond acceptors (Lipinski definition) is 2. The van der Waals surface area contributed by atoms with E-state index in [9.17, 15) is 4.79 Å². The lowest BCUT2D eigenvalue weighted by Crippen LogP contribution is -2.13. The fraction of sp³-hybridized carbons (Fsp3) is 0.727. The molecule has 0 atom stereocenters. The highest BCUT2D eigenvalue weighted by Crippen LogP contribution is 2.33. The molecule has 0 aromatic rings. The van der Waals surface area contributed by atoms with Gasteiger partial charge in [0.2, 0.25) is 0 Å². The number of hydrogen-bond donors (Lipinski definition) is 0. The van der Waals surface area contributed by atoms with Crippen LogP contribution in [0.5, 0.6) is 0 Å². The molecule has 2 heteroatoms. The molecule has 0 saturated heterocycles. The monoisotopic (exact) mass is 182 g/mol.